The van der Waals surface area contributed by atoms with E-state index in [0.717, 1.165) is 18.6 Å². The first kappa shape index (κ1) is 26.1. The molecule has 0 radical (unpaired) electrons. The lowest BCUT2D eigenvalue weighted by atomic mass is 10.0. The molecule has 3 heterocycles. The van der Waals surface area contributed by atoms with E-state index in [-0.39, 0.29) is 28.1 Å². The van der Waals surface area contributed by atoms with E-state index in [1.54, 1.807) is 5.32 Å². The van der Waals surface area contributed by atoms with E-state index in [0.29, 0.717) is 5.56 Å². The molecule has 3 amide bonds. The van der Waals surface area contributed by atoms with E-state index >= 15 is 0 Å². The van der Waals surface area contributed by atoms with E-state index in [1.807, 2.05) is 0 Å². The largest absolute Gasteiger partial charge is 0.451 e. The number of alkyl halides is 6. The van der Waals surface area contributed by atoms with E-state index in [2.05, 4.69) is 30.7 Å². The Labute approximate surface area is 208 Å². The van der Waals surface area contributed by atoms with Crippen LogP contribution in [-0.2, 0) is 6.18 Å². The van der Waals surface area contributed by atoms with Crippen molar-refractivity contribution in [3.63, 3.8) is 0 Å². The van der Waals surface area contributed by atoms with Crippen molar-refractivity contribution in [1.82, 2.24) is 29.9 Å². The number of fused-ring (bicyclic) bond motifs is 1. The monoisotopic (exact) mass is 539 g/mol. The van der Waals surface area contributed by atoms with Gasteiger partial charge in [0, 0.05) is 23.6 Å². The summed E-state index contributed by atoms with van der Waals surface area (Å²) in [7, 11) is 0. The average Bonchev–Trinajstić information content (AvgIpc) is 3.23. The minimum atomic E-state index is -4.80. The van der Waals surface area contributed by atoms with Gasteiger partial charge in [0.25, 0.3) is 5.91 Å². The van der Waals surface area contributed by atoms with Crippen molar-refractivity contribution in [3.8, 4) is 11.1 Å². The summed E-state index contributed by atoms with van der Waals surface area (Å²) in [5.41, 5.74) is 6.57. The van der Waals surface area contributed by atoms with Crippen molar-refractivity contribution in [2.24, 2.45) is 0 Å². The second kappa shape index (κ2) is 9.83. The fraction of sp³-hybridized carbons (Fsp3) is 0.143. The number of urea groups is 1. The van der Waals surface area contributed by atoms with Crippen LogP contribution in [0.2, 0.25) is 0 Å². The van der Waals surface area contributed by atoms with Gasteiger partial charge in [0.2, 0.25) is 5.82 Å². The van der Waals surface area contributed by atoms with Crippen LogP contribution in [0.3, 0.4) is 0 Å². The van der Waals surface area contributed by atoms with Crippen LogP contribution in [0.1, 0.15) is 16.2 Å². The number of rotatable bonds is 5. The third-order valence-electron chi connectivity index (χ3n) is 4.88. The third kappa shape index (κ3) is 5.88. The predicted octanol–water partition coefficient (Wildman–Crippen LogP) is 3.72. The van der Waals surface area contributed by atoms with Gasteiger partial charge in [0.05, 0.1) is 5.56 Å². The van der Waals surface area contributed by atoms with Gasteiger partial charge in [-0.15, -0.1) is 0 Å². The molecule has 0 aliphatic heterocycles. The van der Waals surface area contributed by atoms with Crippen molar-refractivity contribution >= 4 is 34.8 Å². The standard InChI is InChI=1S/C21H15F6N9O2/c22-20(23,24)8-30-17(37)12-7-36-15(16(28)31-9-32-36)14(12)10-1-3-11(4-2-10)33-19(38)35-13-5-6-29-18(34-13)21(25,26)27/h1-7,9H,8H2,(H,30,37)(H2,28,31,32)(H2,29,33,34,35,38). The second-order valence-corrected chi connectivity index (χ2v) is 7.57. The molecule has 0 bridgehead atoms. The molecule has 0 unspecified atom stereocenters. The minimum absolute atomic E-state index is 0.0467. The SMILES string of the molecule is Nc1ncnn2cc(C(=O)NCC(F)(F)F)c(-c3ccc(NC(=O)Nc4ccnc(C(F)(F)F)n4)cc3)c12. The Hall–Kier alpha value is -4.96. The maximum Gasteiger partial charge on any atom is 0.451 e. The van der Waals surface area contributed by atoms with Gasteiger partial charge in [-0.05, 0) is 23.8 Å². The summed E-state index contributed by atoms with van der Waals surface area (Å²) in [6, 6.07) is 5.79. The Morgan fingerprint density at radius 3 is 2.34 bits per heavy atom. The molecule has 0 spiro atoms. The Balaban J connectivity index is 1.57. The molecule has 11 nitrogen and oxygen atoms in total. The highest BCUT2D eigenvalue weighted by molar-refractivity contribution is 6.07. The summed E-state index contributed by atoms with van der Waals surface area (Å²) in [5.74, 6) is -2.91. The number of carbonyl (C=O) groups excluding carboxylic acids is 2. The number of nitrogens with one attached hydrogen (secondary N) is 3. The van der Waals surface area contributed by atoms with Crippen LogP contribution in [0.25, 0.3) is 16.6 Å². The lowest BCUT2D eigenvalue weighted by Crippen LogP contribution is -2.33. The number of benzene rings is 1. The van der Waals surface area contributed by atoms with E-state index < -0.39 is 42.5 Å². The molecular weight excluding hydrogens is 524 g/mol. The lowest BCUT2D eigenvalue weighted by molar-refractivity contribution is -0.144. The summed E-state index contributed by atoms with van der Waals surface area (Å²) >= 11 is 0. The summed E-state index contributed by atoms with van der Waals surface area (Å²) in [6.45, 7) is -1.56. The van der Waals surface area contributed by atoms with Gasteiger partial charge < -0.3 is 16.4 Å². The van der Waals surface area contributed by atoms with Crippen LogP contribution < -0.4 is 21.7 Å². The van der Waals surface area contributed by atoms with Crippen LogP contribution in [0.15, 0.2) is 49.1 Å². The molecule has 5 N–H and O–H groups in total. The van der Waals surface area contributed by atoms with Gasteiger partial charge in [0.1, 0.15) is 24.2 Å². The third-order valence-corrected chi connectivity index (χ3v) is 4.88. The molecule has 0 atom stereocenters. The molecule has 0 saturated carbocycles. The molecule has 0 fully saturated rings. The summed E-state index contributed by atoms with van der Waals surface area (Å²) in [4.78, 5) is 35.0. The molecule has 0 saturated heterocycles. The zero-order valence-electron chi connectivity index (χ0n) is 18.7. The number of nitrogens with zero attached hydrogens (tertiary/aromatic N) is 5. The van der Waals surface area contributed by atoms with E-state index in [4.69, 9.17) is 5.73 Å². The van der Waals surface area contributed by atoms with Crippen LogP contribution in [-0.4, -0.2) is 49.2 Å². The highest BCUT2D eigenvalue weighted by Crippen LogP contribution is 2.33. The fourth-order valence-corrected chi connectivity index (χ4v) is 3.34. The Bertz CT molecular complexity index is 1500. The van der Waals surface area contributed by atoms with Crippen LogP contribution in [0, 0.1) is 0 Å². The van der Waals surface area contributed by atoms with Crippen molar-refractivity contribution in [3.05, 3.63) is 60.4 Å². The van der Waals surface area contributed by atoms with Crippen molar-refractivity contribution in [2.45, 2.75) is 12.4 Å². The lowest BCUT2D eigenvalue weighted by Gasteiger charge is -2.11. The molecule has 1 aromatic carbocycles. The van der Waals surface area contributed by atoms with Crippen LogP contribution in [0.4, 0.5) is 48.5 Å². The minimum Gasteiger partial charge on any atom is -0.382 e. The quantitative estimate of drug-likeness (QED) is 0.282. The maximum absolute atomic E-state index is 12.8. The zero-order valence-corrected chi connectivity index (χ0v) is 18.7. The number of hydrogen-bond acceptors (Lipinski definition) is 7. The molecule has 4 aromatic rings. The molecule has 3 aromatic heterocycles. The first-order chi connectivity index (χ1) is 17.8. The van der Waals surface area contributed by atoms with Gasteiger partial charge in [-0.25, -0.2) is 24.3 Å². The predicted molar refractivity (Wildman–Crippen MR) is 121 cm³/mol. The number of carbonyl (C=O) groups is 2. The van der Waals surface area contributed by atoms with Gasteiger partial charge in [-0.1, -0.05) is 12.1 Å². The van der Waals surface area contributed by atoms with Gasteiger partial charge >= 0.3 is 18.4 Å². The number of hydrogen-bond donors (Lipinski definition) is 4. The van der Waals surface area contributed by atoms with Crippen molar-refractivity contribution in [1.29, 1.82) is 0 Å². The van der Waals surface area contributed by atoms with Crippen molar-refractivity contribution < 1.29 is 35.9 Å². The van der Waals surface area contributed by atoms with Crippen LogP contribution in [0.5, 0.6) is 0 Å². The number of amides is 3. The molecule has 38 heavy (non-hydrogen) atoms. The topological polar surface area (TPSA) is 152 Å². The number of nitrogen functional groups attached to an aromatic ring is 1. The summed E-state index contributed by atoms with van der Waals surface area (Å²) < 4.78 is 77.3. The molecule has 0 aliphatic rings. The number of aromatic nitrogens is 5. The molecular formula is C21H15F6N9O2. The zero-order chi connectivity index (χ0) is 27.7. The van der Waals surface area contributed by atoms with Gasteiger partial charge in [-0.3, -0.25) is 10.1 Å². The Morgan fingerprint density at radius 1 is 0.974 bits per heavy atom. The van der Waals surface area contributed by atoms with Gasteiger partial charge in [-0.2, -0.15) is 31.4 Å². The highest BCUT2D eigenvalue weighted by atomic mass is 19.4. The molecule has 4 rings (SSSR count). The number of nitrogens with two attached hydrogens (primary N) is 1. The van der Waals surface area contributed by atoms with Crippen LogP contribution >= 0.6 is 0 Å². The Morgan fingerprint density at radius 2 is 1.68 bits per heavy atom. The van der Waals surface area contributed by atoms with Gasteiger partial charge in [0.15, 0.2) is 5.82 Å². The normalized spacial score (nSPS) is 11.8. The molecule has 17 heteroatoms. The first-order valence-electron chi connectivity index (χ1n) is 10.4. The Kier molecular flexibility index (Phi) is 6.75. The molecule has 0 aliphatic carbocycles. The summed E-state index contributed by atoms with van der Waals surface area (Å²) in [6.07, 6.45) is -6.30. The number of anilines is 3. The second-order valence-electron chi connectivity index (χ2n) is 7.57. The van der Waals surface area contributed by atoms with E-state index in [9.17, 15) is 35.9 Å². The fourth-order valence-electron chi connectivity index (χ4n) is 3.34. The number of halogens is 6. The smallest absolute Gasteiger partial charge is 0.382 e. The highest BCUT2D eigenvalue weighted by Gasteiger charge is 2.35. The van der Waals surface area contributed by atoms with Crippen molar-refractivity contribution in [2.75, 3.05) is 22.9 Å². The maximum atomic E-state index is 12.8. The average molecular weight is 539 g/mol. The molecule has 198 valence electrons. The van der Waals surface area contributed by atoms with E-state index in [1.165, 1.54) is 35.0 Å². The summed E-state index contributed by atoms with van der Waals surface area (Å²) in [5, 5.41) is 10.3. The first-order valence-corrected chi connectivity index (χ1v) is 10.4.